The molecule has 2 aromatic rings. The highest BCUT2D eigenvalue weighted by Crippen LogP contribution is 2.36. The summed E-state index contributed by atoms with van der Waals surface area (Å²) in [5, 5.41) is 3.61. The number of halogens is 1. The molecule has 0 aliphatic carbocycles. The highest BCUT2D eigenvalue weighted by Gasteiger charge is 2.24. The van der Waals surface area contributed by atoms with Gasteiger partial charge >= 0.3 is 6.03 Å². The van der Waals surface area contributed by atoms with Crippen molar-refractivity contribution in [2.24, 2.45) is 0 Å². The average Bonchev–Trinajstić information content (AvgIpc) is 2.73. The molecule has 4 rings (SSSR count). The lowest BCUT2D eigenvalue weighted by atomic mass is 10.2. The largest absolute Gasteiger partial charge is 0.338 e. The Labute approximate surface area is 174 Å². The number of rotatable bonds is 6. The molecule has 7 nitrogen and oxygen atoms in total. The number of nitrogens with one attached hydrogen (secondary N) is 1. The minimum atomic E-state index is -0.0590. The lowest BCUT2D eigenvalue weighted by Gasteiger charge is -2.34. The Hall–Kier alpha value is -2.03. The quantitative estimate of drug-likeness (QED) is 0.571. The number of fused-ring (bicyclic) bond motifs is 1. The molecule has 2 amide bonds. The van der Waals surface area contributed by atoms with Crippen LogP contribution in [-0.2, 0) is 0 Å². The molecule has 2 aliphatic heterocycles. The summed E-state index contributed by atoms with van der Waals surface area (Å²) in [7, 11) is 0. The zero-order valence-electron chi connectivity index (χ0n) is 15.6. The zero-order chi connectivity index (χ0) is 19.3. The molecule has 1 saturated heterocycles. The molecule has 3 heterocycles. The standard InChI is InChI=1S/C19H23ClN6OS/c20-15-4-5-16-17(14-15)28-26(19(27)23-16)9-2-1-8-24-10-12-25(13-11-24)18-21-6-3-7-22-18/h3-7,14H,1-2,8-13H2,(H,23,27). The van der Waals surface area contributed by atoms with Crippen LogP contribution in [0, 0.1) is 0 Å². The van der Waals surface area contributed by atoms with Crippen LogP contribution in [0.5, 0.6) is 0 Å². The molecule has 0 spiro atoms. The summed E-state index contributed by atoms with van der Waals surface area (Å²) in [5.74, 6) is 0.815. The third kappa shape index (κ3) is 4.68. The second-order valence-corrected chi connectivity index (χ2v) is 8.35. The third-order valence-electron chi connectivity index (χ3n) is 4.91. The monoisotopic (exact) mass is 418 g/mol. The summed E-state index contributed by atoms with van der Waals surface area (Å²) in [6.45, 7) is 5.70. The molecule has 1 fully saturated rings. The van der Waals surface area contributed by atoms with Gasteiger partial charge in [0.1, 0.15) is 0 Å². The van der Waals surface area contributed by atoms with E-state index in [0.29, 0.717) is 5.02 Å². The van der Waals surface area contributed by atoms with Gasteiger partial charge in [0.05, 0.1) is 10.6 Å². The summed E-state index contributed by atoms with van der Waals surface area (Å²) in [6, 6.07) is 7.31. The van der Waals surface area contributed by atoms with Gasteiger partial charge < -0.3 is 10.2 Å². The number of unbranched alkanes of at least 4 members (excludes halogenated alkanes) is 1. The van der Waals surface area contributed by atoms with Crippen molar-refractivity contribution in [3.05, 3.63) is 41.7 Å². The van der Waals surface area contributed by atoms with E-state index in [1.165, 1.54) is 11.9 Å². The maximum atomic E-state index is 12.2. The fourth-order valence-corrected chi connectivity index (χ4v) is 4.60. The molecule has 0 unspecified atom stereocenters. The fourth-order valence-electron chi connectivity index (χ4n) is 3.38. The van der Waals surface area contributed by atoms with Gasteiger partial charge in [0.2, 0.25) is 5.95 Å². The van der Waals surface area contributed by atoms with Gasteiger partial charge in [0.15, 0.2) is 0 Å². The first-order chi connectivity index (χ1) is 13.7. The molecule has 1 aromatic carbocycles. The third-order valence-corrected chi connectivity index (χ3v) is 6.25. The predicted octanol–water partition coefficient (Wildman–Crippen LogP) is 3.59. The van der Waals surface area contributed by atoms with Gasteiger partial charge in [0.25, 0.3) is 0 Å². The molecular formula is C19H23ClN6OS. The summed E-state index contributed by atoms with van der Waals surface area (Å²) in [6.07, 6.45) is 5.61. The number of nitrogens with zero attached hydrogens (tertiary/aromatic N) is 5. The first-order valence-corrected chi connectivity index (χ1v) is 10.6. The molecule has 2 aliphatic rings. The van der Waals surface area contributed by atoms with E-state index in [0.717, 1.165) is 68.6 Å². The van der Waals surface area contributed by atoms with Crippen LogP contribution in [0.1, 0.15) is 12.8 Å². The van der Waals surface area contributed by atoms with Crippen molar-refractivity contribution in [3.63, 3.8) is 0 Å². The topological polar surface area (TPSA) is 64.6 Å². The molecule has 1 N–H and O–H groups in total. The number of anilines is 2. The molecule has 148 valence electrons. The minimum absolute atomic E-state index is 0.0590. The first kappa shape index (κ1) is 19.3. The van der Waals surface area contributed by atoms with E-state index in [9.17, 15) is 4.79 Å². The Morgan fingerprint density at radius 3 is 2.61 bits per heavy atom. The van der Waals surface area contributed by atoms with Crippen LogP contribution in [0.15, 0.2) is 41.6 Å². The van der Waals surface area contributed by atoms with Crippen LogP contribution in [0.25, 0.3) is 0 Å². The van der Waals surface area contributed by atoms with Crippen molar-refractivity contribution in [1.82, 2.24) is 19.2 Å². The van der Waals surface area contributed by atoms with E-state index in [1.807, 2.05) is 18.2 Å². The van der Waals surface area contributed by atoms with Gasteiger partial charge in [0, 0.05) is 50.1 Å². The Morgan fingerprint density at radius 2 is 1.82 bits per heavy atom. The van der Waals surface area contributed by atoms with Crippen molar-refractivity contribution < 1.29 is 4.79 Å². The SMILES string of the molecule is O=C1Nc2ccc(Cl)cc2SN1CCCCN1CCN(c2ncccn2)CC1. The van der Waals surface area contributed by atoms with Crippen LogP contribution in [0.2, 0.25) is 5.02 Å². The maximum absolute atomic E-state index is 12.2. The van der Waals surface area contributed by atoms with Crippen molar-refractivity contribution in [2.45, 2.75) is 17.7 Å². The predicted molar refractivity (Wildman–Crippen MR) is 113 cm³/mol. The molecule has 0 bridgehead atoms. The van der Waals surface area contributed by atoms with Crippen molar-refractivity contribution in [2.75, 3.05) is 49.5 Å². The van der Waals surface area contributed by atoms with Crippen LogP contribution in [0.3, 0.4) is 0 Å². The molecule has 0 atom stereocenters. The average molecular weight is 419 g/mol. The van der Waals surface area contributed by atoms with Gasteiger partial charge in [-0.25, -0.2) is 14.8 Å². The Morgan fingerprint density at radius 1 is 1.07 bits per heavy atom. The number of aromatic nitrogens is 2. The zero-order valence-corrected chi connectivity index (χ0v) is 17.1. The number of amides is 2. The van der Waals surface area contributed by atoms with Crippen LogP contribution in [0.4, 0.5) is 16.4 Å². The molecule has 0 saturated carbocycles. The van der Waals surface area contributed by atoms with Gasteiger partial charge in [-0.2, -0.15) is 0 Å². The highest BCUT2D eigenvalue weighted by atomic mass is 35.5. The molecule has 9 heteroatoms. The number of benzene rings is 1. The van der Waals surface area contributed by atoms with E-state index in [1.54, 1.807) is 22.8 Å². The van der Waals surface area contributed by atoms with Crippen LogP contribution >= 0.6 is 23.5 Å². The Balaban J connectivity index is 1.18. The maximum Gasteiger partial charge on any atom is 0.332 e. The lowest BCUT2D eigenvalue weighted by Crippen LogP contribution is -2.47. The van der Waals surface area contributed by atoms with Crippen molar-refractivity contribution in [1.29, 1.82) is 0 Å². The van der Waals surface area contributed by atoms with E-state index in [-0.39, 0.29) is 6.03 Å². The van der Waals surface area contributed by atoms with E-state index < -0.39 is 0 Å². The molecule has 0 radical (unpaired) electrons. The number of hydrogen-bond donors (Lipinski definition) is 1. The second kappa shape index (κ2) is 8.98. The van der Waals surface area contributed by atoms with Gasteiger partial charge in [-0.3, -0.25) is 9.21 Å². The number of piperazine rings is 1. The normalized spacial score (nSPS) is 17.4. The summed E-state index contributed by atoms with van der Waals surface area (Å²) in [4.78, 5) is 26.6. The summed E-state index contributed by atoms with van der Waals surface area (Å²) >= 11 is 7.53. The first-order valence-electron chi connectivity index (χ1n) is 9.49. The number of carbonyl (C=O) groups excluding carboxylic acids is 1. The Kier molecular flexibility index (Phi) is 6.19. The number of hydrogen-bond acceptors (Lipinski definition) is 6. The fraction of sp³-hybridized carbons (Fsp3) is 0.421. The number of carbonyl (C=O) groups is 1. The van der Waals surface area contributed by atoms with Crippen LogP contribution < -0.4 is 10.2 Å². The van der Waals surface area contributed by atoms with Crippen LogP contribution in [-0.4, -0.2) is 64.5 Å². The molecular weight excluding hydrogens is 396 g/mol. The smallest absolute Gasteiger partial charge is 0.332 e. The second-order valence-electron chi connectivity index (χ2n) is 6.85. The summed E-state index contributed by atoms with van der Waals surface area (Å²) in [5.41, 5.74) is 0.830. The molecule has 28 heavy (non-hydrogen) atoms. The minimum Gasteiger partial charge on any atom is -0.338 e. The van der Waals surface area contributed by atoms with E-state index in [2.05, 4.69) is 25.1 Å². The van der Waals surface area contributed by atoms with E-state index in [4.69, 9.17) is 11.6 Å². The number of urea groups is 1. The highest BCUT2D eigenvalue weighted by molar-refractivity contribution is 7.97. The van der Waals surface area contributed by atoms with Gasteiger partial charge in [-0.05, 0) is 55.6 Å². The lowest BCUT2D eigenvalue weighted by molar-refractivity contribution is 0.233. The van der Waals surface area contributed by atoms with Crippen molar-refractivity contribution >= 4 is 41.2 Å². The van der Waals surface area contributed by atoms with Gasteiger partial charge in [-0.1, -0.05) is 11.6 Å². The van der Waals surface area contributed by atoms with Crippen molar-refractivity contribution in [3.8, 4) is 0 Å². The van der Waals surface area contributed by atoms with E-state index >= 15 is 0 Å². The molecule has 1 aromatic heterocycles. The Bertz CT molecular complexity index is 815. The van der Waals surface area contributed by atoms with Gasteiger partial charge in [-0.15, -0.1) is 0 Å². The summed E-state index contributed by atoms with van der Waals surface area (Å²) < 4.78 is 1.78.